The summed E-state index contributed by atoms with van der Waals surface area (Å²) in [5.74, 6) is 1.54. The van der Waals surface area contributed by atoms with Gasteiger partial charge in [0.2, 0.25) is 0 Å². The molecule has 114 valence electrons. The van der Waals surface area contributed by atoms with Gasteiger partial charge in [0.25, 0.3) is 0 Å². The average Bonchev–Trinajstić information content (AvgIpc) is 2.47. The van der Waals surface area contributed by atoms with Crippen molar-refractivity contribution in [3.05, 3.63) is 23.8 Å². The molecule has 0 bridgehead atoms. The molecular weight excluding hydrogens is 258 g/mol. The molecule has 0 aromatic heterocycles. The smallest absolute Gasteiger partial charge is 0.161 e. The van der Waals surface area contributed by atoms with Crippen LogP contribution in [0.5, 0.6) is 11.5 Å². The second-order valence-corrected chi connectivity index (χ2v) is 4.28. The topological polar surface area (TPSA) is 60.0 Å². The third-order valence-corrected chi connectivity index (χ3v) is 2.73. The minimum absolute atomic E-state index is 0.0828. The van der Waals surface area contributed by atoms with Crippen LogP contribution in [0.4, 0.5) is 0 Å². The van der Waals surface area contributed by atoms with Gasteiger partial charge in [-0.3, -0.25) is 0 Å². The van der Waals surface area contributed by atoms with E-state index < -0.39 is 0 Å². The molecule has 0 saturated heterocycles. The van der Waals surface area contributed by atoms with Gasteiger partial charge >= 0.3 is 0 Å². The second kappa shape index (κ2) is 10.5. The monoisotopic (exact) mass is 283 g/mol. The Morgan fingerprint density at radius 1 is 1.20 bits per heavy atom. The van der Waals surface area contributed by atoms with Crippen molar-refractivity contribution in [3.63, 3.8) is 0 Å². The quantitative estimate of drug-likeness (QED) is 0.604. The largest absolute Gasteiger partial charge is 0.493 e. The molecule has 0 aliphatic heterocycles. The van der Waals surface area contributed by atoms with Crippen LogP contribution in [0.1, 0.15) is 18.9 Å². The Morgan fingerprint density at radius 3 is 2.75 bits per heavy atom. The highest BCUT2D eigenvalue weighted by molar-refractivity contribution is 5.42. The Balaban J connectivity index is 2.31. The molecule has 2 N–H and O–H groups in total. The van der Waals surface area contributed by atoms with Crippen LogP contribution in [0, 0.1) is 0 Å². The van der Waals surface area contributed by atoms with Crippen LogP contribution in [-0.4, -0.2) is 45.2 Å². The Morgan fingerprint density at radius 2 is 2.05 bits per heavy atom. The van der Waals surface area contributed by atoms with Crippen molar-refractivity contribution in [2.75, 3.05) is 40.1 Å². The number of hydrogen-bond donors (Lipinski definition) is 2. The predicted molar refractivity (Wildman–Crippen MR) is 78.4 cm³/mol. The number of benzene rings is 1. The van der Waals surface area contributed by atoms with Crippen LogP contribution in [-0.2, 0) is 11.3 Å². The lowest BCUT2D eigenvalue weighted by atomic mass is 10.2. The van der Waals surface area contributed by atoms with Gasteiger partial charge in [-0.05, 0) is 37.6 Å². The molecule has 0 spiro atoms. The number of nitrogens with one attached hydrogen (secondary N) is 1. The molecule has 0 aliphatic carbocycles. The fourth-order valence-electron chi connectivity index (χ4n) is 1.80. The molecule has 1 aromatic rings. The van der Waals surface area contributed by atoms with Crippen molar-refractivity contribution in [1.82, 2.24) is 5.32 Å². The first-order valence-corrected chi connectivity index (χ1v) is 7.00. The molecule has 20 heavy (non-hydrogen) atoms. The van der Waals surface area contributed by atoms with Crippen molar-refractivity contribution in [3.8, 4) is 11.5 Å². The normalized spacial score (nSPS) is 10.6. The van der Waals surface area contributed by atoms with E-state index in [0.717, 1.165) is 36.6 Å². The lowest BCUT2D eigenvalue weighted by molar-refractivity contribution is 0.0907. The molecule has 5 heteroatoms. The van der Waals surface area contributed by atoms with Gasteiger partial charge < -0.3 is 24.6 Å². The second-order valence-electron chi connectivity index (χ2n) is 4.28. The zero-order valence-electron chi connectivity index (χ0n) is 12.4. The van der Waals surface area contributed by atoms with Crippen LogP contribution in [0.15, 0.2) is 18.2 Å². The van der Waals surface area contributed by atoms with E-state index in [-0.39, 0.29) is 6.61 Å². The first-order chi connectivity index (χ1) is 9.81. The number of aliphatic hydroxyl groups excluding tert-OH is 1. The molecule has 0 atom stereocenters. The van der Waals surface area contributed by atoms with Crippen molar-refractivity contribution < 1.29 is 19.3 Å². The molecule has 0 amide bonds. The SMILES string of the molecule is CCOc1cc(CNCCCOCCO)ccc1OC. The van der Waals surface area contributed by atoms with Gasteiger partial charge in [0, 0.05) is 13.2 Å². The van der Waals surface area contributed by atoms with E-state index in [2.05, 4.69) is 5.32 Å². The Hall–Kier alpha value is -1.30. The first kappa shape index (κ1) is 16.8. The number of ether oxygens (including phenoxy) is 3. The van der Waals surface area contributed by atoms with Crippen LogP contribution in [0.3, 0.4) is 0 Å². The van der Waals surface area contributed by atoms with E-state index in [1.807, 2.05) is 25.1 Å². The molecule has 0 saturated carbocycles. The molecule has 5 nitrogen and oxygen atoms in total. The van der Waals surface area contributed by atoms with E-state index in [4.69, 9.17) is 19.3 Å². The Labute approximate surface area is 120 Å². The van der Waals surface area contributed by atoms with Crippen molar-refractivity contribution >= 4 is 0 Å². The van der Waals surface area contributed by atoms with Gasteiger partial charge in [0.15, 0.2) is 11.5 Å². The fourth-order valence-corrected chi connectivity index (χ4v) is 1.80. The highest BCUT2D eigenvalue weighted by Crippen LogP contribution is 2.27. The van der Waals surface area contributed by atoms with Gasteiger partial charge in [0.1, 0.15) is 0 Å². The van der Waals surface area contributed by atoms with Crippen molar-refractivity contribution in [2.45, 2.75) is 19.9 Å². The first-order valence-electron chi connectivity index (χ1n) is 7.00. The minimum atomic E-state index is 0.0828. The van der Waals surface area contributed by atoms with Crippen LogP contribution in [0.2, 0.25) is 0 Å². The molecule has 1 rings (SSSR count). The van der Waals surface area contributed by atoms with Crippen LogP contribution < -0.4 is 14.8 Å². The molecule has 0 radical (unpaired) electrons. The number of methoxy groups -OCH3 is 1. The van der Waals surface area contributed by atoms with E-state index in [9.17, 15) is 0 Å². The fraction of sp³-hybridized carbons (Fsp3) is 0.600. The predicted octanol–water partition coefficient (Wildman–Crippen LogP) is 1.58. The summed E-state index contributed by atoms with van der Waals surface area (Å²) in [6, 6.07) is 5.95. The molecule has 1 aromatic carbocycles. The average molecular weight is 283 g/mol. The number of rotatable bonds is 11. The third-order valence-electron chi connectivity index (χ3n) is 2.73. The van der Waals surface area contributed by atoms with Gasteiger partial charge in [-0.2, -0.15) is 0 Å². The summed E-state index contributed by atoms with van der Waals surface area (Å²) >= 11 is 0. The third kappa shape index (κ3) is 6.23. The zero-order chi connectivity index (χ0) is 14.6. The van der Waals surface area contributed by atoms with E-state index in [1.54, 1.807) is 7.11 Å². The summed E-state index contributed by atoms with van der Waals surface area (Å²) in [5.41, 5.74) is 1.16. The highest BCUT2D eigenvalue weighted by Gasteiger charge is 2.04. The Bertz CT molecular complexity index is 371. The Kier molecular flexibility index (Phi) is 8.78. The van der Waals surface area contributed by atoms with Crippen molar-refractivity contribution in [1.29, 1.82) is 0 Å². The summed E-state index contributed by atoms with van der Waals surface area (Å²) < 4.78 is 16.0. The lowest BCUT2D eigenvalue weighted by Crippen LogP contribution is -2.16. The van der Waals surface area contributed by atoms with Crippen LogP contribution in [0.25, 0.3) is 0 Å². The molecule has 0 unspecified atom stereocenters. The minimum Gasteiger partial charge on any atom is -0.493 e. The standard InChI is InChI=1S/C15H25NO4/c1-3-20-15-11-13(5-6-14(15)18-2)12-16-7-4-9-19-10-8-17/h5-6,11,16-17H,3-4,7-10,12H2,1-2H3. The lowest BCUT2D eigenvalue weighted by Gasteiger charge is -2.11. The molecular formula is C15H25NO4. The maximum Gasteiger partial charge on any atom is 0.161 e. The number of hydrogen-bond acceptors (Lipinski definition) is 5. The summed E-state index contributed by atoms with van der Waals surface area (Å²) in [6.45, 7) is 5.40. The van der Waals surface area contributed by atoms with Crippen molar-refractivity contribution in [2.24, 2.45) is 0 Å². The van der Waals surface area contributed by atoms with Gasteiger partial charge in [-0.15, -0.1) is 0 Å². The zero-order valence-corrected chi connectivity index (χ0v) is 12.4. The maximum absolute atomic E-state index is 8.57. The van der Waals surface area contributed by atoms with Crippen LogP contribution >= 0.6 is 0 Å². The number of aliphatic hydroxyl groups is 1. The molecule has 0 aliphatic rings. The molecule has 0 fully saturated rings. The summed E-state index contributed by atoms with van der Waals surface area (Å²) in [7, 11) is 1.64. The summed E-state index contributed by atoms with van der Waals surface area (Å²) in [5, 5.41) is 11.9. The van der Waals surface area contributed by atoms with E-state index in [1.165, 1.54) is 0 Å². The van der Waals surface area contributed by atoms with Gasteiger partial charge in [-0.25, -0.2) is 0 Å². The maximum atomic E-state index is 8.57. The summed E-state index contributed by atoms with van der Waals surface area (Å²) in [6.07, 6.45) is 0.925. The van der Waals surface area contributed by atoms with E-state index >= 15 is 0 Å². The molecule has 0 heterocycles. The highest BCUT2D eigenvalue weighted by atomic mass is 16.5. The summed E-state index contributed by atoms with van der Waals surface area (Å²) in [4.78, 5) is 0. The van der Waals surface area contributed by atoms with Gasteiger partial charge in [-0.1, -0.05) is 6.07 Å². The van der Waals surface area contributed by atoms with E-state index in [0.29, 0.717) is 19.8 Å². The van der Waals surface area contributed by atoms with Gasteiger partial charge in [0.05, 0.1) is 26.9 Å².